The fourth-order valence-electron chi connectivity index (χ4n) is 8.99. The summed E-state index contributed by atoms with van der Waals surface area (Å²) in [5.74, 6) is -1.82. The van der Waals surface area contributed by atoms with Gasteiger partial charge in [-0.15, -0.1) is 11.3 Å². The van der Waals surface area contributed by atoms with Crippen molar-refractivity contribution in [2.45, 2.75) is 104 Å². The van der Waals surface area contributed by atoms with Gasteiger partial charge in [0.25, 0.3) is 5.91 Å². The van der Waals surface area contributed by atoms with Gasteiger partial charge in [-0.2, -0.15) is 18.4 Å². The van der Waals surface area contributed by atoms with E-state index in [1.54, 1.807) is 53.8 Å². The molecule has 19 heteroatoms. The highest BCUT2D eigenvalue weighted by Gasteiger charge is 2.51. The number of β-amino-alcohol motifs (C(OH)–C–C–N with tert-alkyl or cyclic N) is 1. The first kappa shape index (κ1) is 54.1. The molecule has 0 bridgehead atoms. The summed E-state index contributed by atoms with van der Waals surface area (Å²) in [6.45, 7) is 13.3. The van der Waals surface area contributed by atoms with Gasteiger partial charge in [-0.25, -0.2) is 4.98 Å². The van der Waals surface area contributed by atoms with Crippen molar-refractivity contribution in [1.82, 2.24) is 20.5 Å². The minimum absolute atomic E-state index is 0.0110. The largest absolute Gasteiger partial charge is 0.417 e. The number of aryl methyl sites for hydroxylation is 1. The predicted molar refractivity (Wildman–Crippen MR) is 280 cm³/mol. The number of alkyl halides is 3. The molecule has 4 aromatic carbocycles. The number of nitrogens with one attached hydrogen (secondary N) is 3. The average molecular weight is 1040 g/mol. The molecular weight excluding hydrogens is 978 g/mol. The van der Waals surface area contributed by atoms with Crippen LogP contribution in [0.2, 0.25) is 0 Å². The van der Waals surface area contributed by atoms with E-state index in [1.807, 2.05) is 95.3 Å². The number of amides is 4. The highest BCUT2D eigenvalue weighted by Crippen LogP contribution is 2.40. The maximum Gasteiger partial charge on any atom is 0.417 e. The van der Waals surface area contributed by atoms with E-state index in [0.29, 0.717) is 25.3 Å². The summed E-state index contributed by atoms with van der Waals surface area (Å²) in [5.41, 5.74) is 4.24. The summed E-state index contributed by atoms with van der Waals surface area (Å²) in [5, 5.41) is 29.1. The molecular formula is C54H59F3N8O6S2. The number of hydrogen-bond donors (Lipinski definition) is 4. The van der Waals surface area contributed by atoms with E-state index in [1.165, 1.54) is 11.0 Å². The number of carbonyl (C=O) groups excluding carboxylic acids is 4. The van der Waals surface area contributed by atoms with Crippen LogP contribution in [0, 0.1) is 23.7 Å². The van der Waals surface area contributed by atoms with Crippen molar-refractivity contribution >= 4 is 69.4 Å². The van der Waals surface area contributed by atoms with E-state index in [2.05, 4.69) is 20.9 Å². The lowest BCUT2D eigenvalue weighted by Crippen LogP contribution is -2.58. The number of halogens is 3. The Morgan fingerprint density at radius 2 is 1.58 bits per heavy atom. The molecule has 1 aromatic heterocycles. The van der Waals surface area contributed by atoms with Crippen LogP contribution in [-0.2, 0) is 30.1 Å². The molecule has 2 fully saturated rings. The lowest BCUT2D eigenvalue weighted by Gasteiger charge is -2.35. The molecule has 4 amide bonds. The molecule has 2 unspecified atom stereocenters. The second-order valence-electron chi connectivity index (χ2n) is 19.8. The molecule has 4 atom stereocenters. The number of anilines is 3. The average Bonchev–Trinajstić information content (AvgIpc) is 4.01. The second-order valence-corrected chi connectivity index (χ2v) is 21.1. The molecule has 3 heterocycles. The summed E-state index contributed by atoms with van der Waals surface area (Å²) in [7, 11) is 0. The monoisotopic (exact) mass is 1040 g/mol. The number of aromatic nitrogens is 1. The number of unbranched alkanes of at least 4 members (excludes halogenated alkanes) is 1. The molecule has 2 aliphatic rings. The van der Waals surface area contributed by atoms with Gasteiger partial charge in [0.2, 0.25) is 17.7 Å². The van der Waals surface area contributed by atoms with Crippen molar-refractivity contribution in [1.29, 1.82) is 5.26 Å². The lowest BCUT2D eigenvalue weighted by atomic mass is 9.85. The first-order valence-corrected chi connectivity index (χ1v) is 25.2. The van der Waals surface area contributed by atoms with Gasteiger partial charge in [0.1, 0.15) is 24.2 Å². The van der Waals surface area contributed by atoms with Crippen LogP contribution in [0.25, 0.3) is 21.6 Å². The Bertz CT molecular complexity index is 2880. The molecule has 2 aliphatic heterocycles. The van der Waals surface area contributed by atoms with E-state index in [0.717, 1.165) is 62.0 Å². The molecule has 0 radical (unpaired) electrons. The van der Waals surface area contributed by atoms with Crippen LogP contribution in [0.3, 0.4) is 0 Å². The van der Waals surface area contributed by atoms with Gasteiger partial charge in [-0.05, 0) is 123 Å². The van der Waals surface area contributed by atoms with Gasteiger partial charge >= 0.3 is 6.18 Å². The summed E-state index contributed by atoms with van der Waals surface area (Å²) >= 11 is 7.24. The molecule has 0 spiro atoms. The first-order valence-electron chi connectivity index (χ1n) is 23.9. The zero-order chi connectivity index (χ0) is 53.0. The van der Waals surface area contributed by atoms with Crippen LogP contribution in [0.15, 0.2) is 96.5 Å². The fourth-order valence-corrected chi connectivity index (χ4v) is 10.3. The summed E-state index contributed by atoms with van der Waals surface area (Å²) in [6.07, 6.45) is -4.22. The number of rotatable bonds is 17. The second kappa shape index (κ2) is 22.2. The maximum absolute atomic E-state index is 14.1. The van der Waals surface area contributed by atoms with Crippen LogP contribution in [0.1, 0.15) is 89.2 Å². The number of thiazole rings is 1. The standard InChI is InChI=1S/C54H59F3N8O6S2/c1-32(34-10-12-37(13-11-34)46-33(2)60-31-73-46)61-48(68)44-27-42(66)29-63(44)49(69)47(52(3,4)5)62-45(67)30-71-25-9-8-24-59-39-19-14-35(15-20-39)36-16-21-40(22-17-36)65-51(72)64(50(70)53(65,6)7)41-23-18-38(28-58)43(26-41)54(55,56)57/h10-23,26,31-32,42,44,47,59,66H,8-9,24-25,27,29-30H2,1-7H3,(H,61,68)(H,62,67)/t32?,42-,44+,47?/m1/s1. The zero-order valence-corrected chi connectivity index (χ0v) is 43.3. The molecule has 14 nitrogen and oxygen atoms in total. The topological polar surface area (TPSA) is 180 Å². The van der Waals surface area contributed by atoms with E-state index < -0.39 is 64.2 Å². The minimum atomic E-state index is -4.80. The van der Waals surface area contributed by atoms with Gasteiger partial charge in [0, 0.05) is 37.5 Å². The van der Waals surface area contributed by atoms with Crippen LogP contribution in [0.5, 0.6) is 0 Å². The van der Waals surface area contributed by atoms with Crippen molar-refractivity contribution in [2.75, 3.05) is 41.4 Å². The Morgan fingerprint density at radius 1 is 0.945 bits per heavy atom. The molecule has 0 saturated carbocycles. The van der Waals surface area contributed by atoms with Crippen LogP contribution in [0.4, 0.5) is 30.2 Å². The van der Waals surface area contributed by atoms with E-state index in [-0.39, 0.29) is 42.3 Å². The van der Waals surface area contributed by atoms with Crippen molar-refractivity contribution in [3.8, 4) is 27.6 Å². The fraction of sp³-hybridized carbons (Fsp3) is 0.389. The van der Waals surface area contributed by atoms with E-state index in [9.17, 15) is 42.7 Å². The Kier molecular flexibility index (Phi) is 16.4. The molecule has 384 valence electrons. The highest BCUT2D eigenvalue weighted by atomic mass is 32.1. The molecule has 4 N–H and O–H groups in total. The van der Waals surface area contributed by atoms with Crippen LogP contribution >= 0.6 is 23.6 Å². The minimum Gasteiger partial charge on any atom is -0.391 e. The third-order valence-electron chi connectivity index (χ3n) is 13.0. The molecule has 73 heavy (non-hydrogen) atoms. The van der Waals surface area contributed by atoms with Crippen molar-refractivity contribution in [2.24, 2.45) is 5.41 Å². The number of ether oxygens (including phenoxy) is 1. The van der Waals surface area contributed by atoms with Gasteiger partial charge < -0.3 is 35.6 Å². The van der Waals surface area contributed by atoms with E-state index >= 15 is 0 Å². The lowest BCUT2D eigenvalue weighted by molar-refractivity contribution is -0.144. The number of aliphatic hydroxyl groups excluding tert-OH is 1. The maximum atomic E-state index is 14.1. The Labute approximate surface area is 432 Å². The molecule has 7 rings (SSSR count). The molecule has 2 saturated heterocycles. The first-order chi connectivity index (χ1) is 34.5. The van der Waals surface area contributed by atoms with Crippen LogP contribution in [-0.4, -0.2) is 93.8 Å². The number of nitrogens with zero attached hydrogens (tertiary/aromatic N) is 5. The van der Waals surface area contributed by atoms with Crippen molar-refractivity contribution in [3.05, 3.63) is 119 Å². The van der Waals surface area contributed by atoms with E-state index in [4.69, 9.17) is 17.0 Å². The van der Waals surface area contributed by atoms with Gasteiger partial charge in [0.05, 0.1) is 51.1 Å². The zero-order valence-electron chi connectivity index (χ0n) is 41.7. The van der Waals surface area contributed by atoms with Gasteiger partial charge in [-0.1, -0.05) is 69.3 Å². The SMILES string of the molecule is Cc1ncsc1-c1ccc(C(C)NC(=O)[C@@H]2C[C@@H](O)CN2C(=O)C(NC(=O)COCCCCNc2ccc(-c3ccc(N4C(=S)N(c5ccc(C#N)c(C(F)(F)F)c5)C(=O)C4(C)C)cc3)cc2)C(C)(C)C)cc1. The third-order valence-corrected chi connectivity index (χ3v) is 14.4. The Hall–Kier alpha value is -6.72. The van der Waals surface area contributed by atoms with Gasteiger partial charge in [-0.3, -0.25) is 24.1 Å². The molecule has 5 aromatic rings. The normalized spacial score (nSPS) is 17.6. The number of benzene rings is 4. The van der Waals surface area contributed by atoms with Crippen LogP contribution < -0.4 is 25.8 Å². The number of likely N-dealkylation sites (tertiary alicyclic amines) is 1. The number of nitriles is 1. The highest BCUT2D eigenvalue weighted by molar-refractivity contribution is 7.81. The number of thiocarbonyl (C=S) groups is 1. The smallest absolute Gasteiger partial charge is 0.391 e. The Morgan fingerprint density at radius 3 is 2.18 bits per heavy atom. The molecule has 0 aliphatic carbocycles. The summed E-state index contributed by atoms with van der Waals surface area (Å²) in [6, 6.07) is 25.4. The number of aliphatic hydroxyl groups is 1. The number of carbonyl (C=O) groups is 4. The third kappa shape index (κ3) is 12.2. The summed E-state index contributed by atoms with van der Waals surface area (Å²) < 4.78 is 47.0. The predicted octanol–water partition coefficient (Wildman–Crippen LogP) is 9.17. The summed E-state index contributed by atoms with van der Waals surface area (Å²) in [4.78, 5) is 64.0. The van der Waals surface area contributed by atoms with Crippen molar-refractivity contribution in [3.63, 3.8) is 0 Å². The Balaban J connectivity index is 0.847. The number of hydrogen-bond acceptors (Lipinski definition) is 11. The van der Waals surface area contributed by atoms with Crippen molar-refractivity contribution < 1.29 is 42.2 Å². The quantitative estimate of drug-likeness (QED) is 0.0515. The van der Waals surface area contributed by atoms with Gasteiger partial charge in [0.15, 0.2) is 5.11 Å².